The fourth-order valence-electron chi connectivity index (χ4n) is 3.76. The van der Waals surface area contributed by atoms with Gasteiger partial charge < -0.3 is 5.11 Å². The van der Waals surface area contributed by atoms with Gasteiger partial charge in [0.1, 0.15) is 5.82 Å². The maximum atomic E-state index is 14.5. The summed E-state index contributed by atoms with van der Waals surface area (Å²) in [5.41, 5.74) is -2.62. The largest absolute Gasteiger partial charge is 0.416 e. The third-order valence-corrected chi connectivity index (χ3v) is 5.52. The van der Waals surface area contributed by atoms with Gasteiger partial charge in [-0.3, -0.25) is 10.3 Å². The molecule has 1 aromatic heterocycles. The van der Waals surface area contributed by atoms with E-state index in [0.717, 1.165) is 6.07 Å². The fourth-order valence-corrected chi connectivity index (χ4v) is 3.87. The molecule has 2 atom stereocenters. The third kappa shape index (κ3) is 7.16. The number of hydrogen-bond acceptors (Lipinski definition) is 3. The highest BCUT2D eigenvalue weighted by Crippen LogP contribution is 2.38. The monoisotopic (exact) mass is 520 g/mol. The van der Waals surface area contributed by atoms with E-state index < -0.39 is 48.3 Å². The first-order valence-electron chi connectivity index (χ1n) is 10.3. The van der Waals surface area contributed by atoms with Gasteiger partial charge >= 0.3 is 12.4 Å². The van der Waals surface area contributed by atoms with Crippen LogP contribution in [0.25, 0.3) is 0 Å². The van der Waals surface area contributed by atoms with Crippen LogP contribution in [0, 0.1) is 5.82 Å². The van der Waals surface area contributed by atoms with E-state index in [2.05, 4.69) is 10.3 Å². The summed E-state index contributed by atoms with van der Waals surface area (Å²) in [6.07, 6.45) is -11.9. The van der Waals surface area contributed by atoms with Crippen molar-refractivity contribution in [2.75, 3.05) is 6.54 Å². The molecule has 0 spiro atoms. The maximum absolute atomic E-state index is 14.5. The molecular weight excluding hydrogens is 501 g/mol. The minimum Gasteiger partial charge on any atom is -0.391 e. The van der Waals surface area contributed by atoms with Crippen LogP contribution in [0.2, 0.25) is 5.02 Å². The standard InChI is InChI=1S/C24H20ClF7N2O/c25-18-6-7-21(33-13-18)22(11-15-4-2-1-3-5-15,34-14-20(35)12-23(27,28)29)16-8-17(24(30,31)32)10-19(26)9-16/h1-10,13,20,34-35H,11-12,14H2. The van der Waals surface area contributed by atoms with E-state index in [-0.39, 0.29) is 22.7 Å². The second-order valence-electron chi connectivity index (χ2n) is 8.01. The number of alkyl halides is 6. The predicted octanol–water partition coefficient (Wildman–Crippen LogP) is 6.28. The molecule has 0 fully saturated rings. The molecule has 2 unspecified atom stereocenters. The van der Waals surface area contributed by atoms with Gasteiger partial charge in [-0.05, 0) is 41.5 Å². The van der Waals surface area contributed by atoms with Gasteiger partial charge in [-0.15, -0.1) is 0 Å². The molecule has 3 nitrogen and oxygen atoms in total. The van der Waals surface area contributed by atoms with Gasteiger partial charge in [0.2, 0.25) is 0 Å². The van der Waals surface area contributed by atoms with E-state index >= 15 is 0 Å². The molecule has 35 heavy (non-hydrogen) atoms. The van der Waals surface area contributed by atoms with E-state index in [4.69, 9.17) is 11.6 Å². The number of hydrogen-bond donors (Lipinski definition) is 2. The molecule has 0 saturated carbocycles. The summed E-state index contributed by atoms with van der Waals surface area (Å²) < 4.78 is 93.5. The molecule has 1 heterocycles. The van der Waals surface area contributed by atoms with Crippen LogP contribution in [0.15, 0.2) is 66.9 Å². The Kier molecular flexibility index (Phi) is 8.08. The molecular formula is C24H20ClF7N2O. The van der Waals surface area contributed by atoms with E-state index in [1.54, 1.807) is 30.3 Å². The first-order valence-corrected chi connectivity index (χ1v) is 10.7. The lowest BCUT2D eigenvalue weighted by molar-refractivity contribution is -0.153. The summed E-state index contributed by atoms with van der Waals surface area (Å²) in [5, 5.41) is 13.0. The third-order valence-electron chi connectivity index (χ3n) is 5.30. The molecule has 3 rings (SSSR count). The van der Waals surface area contributed by atoms with E-state index in [1.807, 2.05) is 0 Å². The van der Waals surface area contributed by atoms with Crippen molar-refractivity contribution in [2.24, 2.45) is 0 Å². The number of aliphatic hydroxyl groups excluding tert-OH is 1. The van der Waals surface area contributed by atoms with E-state index in [1.165, 1.54) is 18.3 Å². The van der Waals surface area contributed by atoms with Gasteiger partial charge in [0, 0.05) is 19.2 Å². The molecule has 188 valence electrons. The van der Waals surface area contributed by atoms with Crippen molar-refractivity contribution in [3.8, 4) is 0 Å². The highest BCUT2D eigenvalue weighted by Gasteiger charge is 2.40. The zero-order chi connectivity index (χ0) is 25.9. The lowest BCUT2D eigenvalue weighted by atomic mass is 9.79. The summed E-state index contributed by atoms with van der Waals surface area (Å²) in [4.78, 5) is 4.20. The molecule has 0 amide bonds. The lowest BCUT2D eigenvalue weighted by Gasteiger charge is -2.37. The topological polar surface area (TPSA) is 45.1 Å². The van der Waals surface area contributed by atoms with Crippen molar-refractivity contribution in [3.05, 3.63) is 100 Å². The van der Waals surface area contributed by atoms with Crippen LogP contribution in [0.3, 0.4) is 0 Å². The second-order valence-corrected chi connectivity index (χ2v) is 8.45. The van der Waals surface area contributed by atoms with Crippen molar-refractivity contribution in [1.29, 1.82) is 0 Å². The predicted molar refractivity (Wildman–Crippen MR) is 116 cm³/mol. The number of aromatic nitrogens is 1. The van der Waals surface area contributed by atoms with E-state index in [9.17, 15) is 35.8 Å². The van der Waals surface area contributed by atoms with Crippen molar-refractivity contribution >= 4 is 11.6 Å². The fraction of sp³-hybridized carbons (Fsp3) is 0.292. The molecule has 0 aliphatic heterocycles. The normalized spacial score (nSPS) is 15.0. The molecule has 0 radical (unpaired) electrons. The van der Waals surface area contributed by atoms with Gasteiger partial charge in [0.05, 0.1) is 34.3 Å². The number of nitrogens with zero attached hydrogens (tertiary/aromatic N) is 1. The van der Waals surface area contributed by atoms with Crippen molar-refractivity contribution in [3.63, 3.8) is 0 Å². The van der Waals surface area contributed by atoms with Gasteiger partial charge in [0.15, 0.2) is 0 Å². The molecule has 0 aliphatic rings. The van der Waals surface area contributed by atoms with Crippen LogP contribution >= 0.6 is 11.6 Å². The Morgan fingerprint density at radius 1 is 0.914 bits per heavy atom. The quantitative estimate of drug-likeness (QED) is 0.344. The van der Waals surface area contributed by atoms with Crippen LogP contribution in [-0.2, 0) is 18.1 Å². The number of benzene rings is 2. The molecule has 0 saturated heterocycles. The highest BCUT2D eigenvalue weighted by molar-refractivity contribution is 6.30. The van der Waals surface area contributed by atoms with Gasteiger partial charge in [-0.2, -0.15) is 26.3 Å². The van der Waals surface area contributed by atoms with Crippen LogP contribution in [0.5, 0.6) is 0 Å². The highest BCUT2D eigenvalue weighted by atomic mass is 35.5. The lowest BCUT2D eigenvalue weighted by Crippen LogP contribution is -2.49. The number of halogens is 8. The summed E-state index contributed by atoms with van der Waals surface area (Å²) in [6.45, 7) is -0.672. The van der Waals surface area contributed by atoms with Crippen LogP contribution in [-0.4, -0.2) is 28.9 Å². The SMILES string of the molecule is OC(CNC(Cc1ccccc1)(c1cc(F)cc(C(F)(F)F)c1)c1ccc(Cl)cn1)CC(F)(F)F. The van der Waals surface area contributed by atoms with Crippen LogP contribution in [0.4, 0.5) is 30.7 Å². The van der Waals surface area contributed by atoms with Crippen molar-refractivity contribution in [1.82, 2.24) is 10.3 Å². The Morgan fingerprint density at radius 3 is 2.14 bits per heavy atom. The van der Waals surface area contributed by atoms with Crippen molar-refractivity contribution in [2.45, 2.75) is 36.8 Å². The minimum atomic E-state index is -4.89. The summed E-state index contributed by atoms with van der Waals surface area (Å²) in [7, 11) is 0. The first-order chi connectivity index (χ1) is 16.3. The van der Waals surface area contributed by atoms with Gasteiger partial charge in [-0.1, -0.05) is 41.9 Å². The molecule has 0 bridgehead atoms. The molecule has 2 N–H and O–H groups in total. The number of nitrogens with one attached hydrogen (secondary N) is 1. The average molecular weight is 521 g/mol. The Hall–Kier alpha value is -2.69. The molecule has 11 heteroatoms. The van der Waals surface area contributed by atoms with Crippen LogP contribution in [0.1, 0.15) is 28.8 Å². The van der Waals surface area contributed by atoms with Gasteiger partial charge in [-0.25, -0.2) is 4.39 Å². The summed E-state index contributed by atoms with van der Waals surface area (Å²) >= 11 is 5.92. The van der Waals surface area contributed by atoms with E-state index in [0.29, 0.717) is 17.7 Å². The Morgan fingerprint density at radius 2 is 1.57 bits per heavy atom. The summed E-state index contributed by atoms with van der Waals surface area (Å²) in [5.74, 6) is -1.20. The summed E-state index contributed by atoms with van der Waals surface area (Å²) in [6, 6.07) is 13.0. The molecule has 3 aromatic rings. The smallest absolute Gasteiger partial charge is 0.391 e. The number of aliphatic hydroxyl groups is 1. The minimum absolute atomic E-state index is 0.0729. The molecule has 0 aliphatic carbocycles. The van der Waals surface area contributed by atoms with Gasteiger partial charge in [0.25, 0.3) is 0 Å². The number of rotatable bonds is 8. The van der Waals surface area contributed by atoms with Crippen molar-refractivity contribution < 1.29 is 35.8 Å². The Bertz CT molecular complexity index is 1120. The van der Waals surface area contributed by atoms with Crippen LogP contribution < -0.4 is 5.32 Å². The maximum Gasteiger partial charge on any atom is 0.416 e. The Balaban J connectivity index is 2.21. The second kappa shape index (κ2) is 10.5. The Labute approximate surface area is 201 Å². The first kappa shape index (κ1) is 26.9. The zero-order valence-electron chi connectivity index (χ0n) is 18.0. The number of pyridine rings is 1. The average Bonchev–Trinajstić information content (AvgIpc) is 2.76. The zero-order valence-corrected chi connectivity index (χ0v) is 18.7. The molecule has 2 aromatic carbocycles.